The summed E-state index contributed by atoms with van der Waals surface area (Å²) in [4.78, 5) is 4.54. The van der Waals surface area contributed by atoms with Crippen LogP contribution in [0.25, 0.3) is 6.08 Å². The molecule has 0 saturated carbocycles. The minimum atomic E-state index is 0.955. The van der Waals surface area contributed by atoms with Crippen molar-refractivity contribution in [1.82, 2.24) is 9.55 Å². The highest BCUT2D eigenvalue weighted by molar-refractivity contribution is 5.53. The third-order valence-electron chi connectivity index (χ3n) is 2.40. The maximum absolute atomic E-state index is 4.54. The molecule has 0 spiro atoms. The smallest absolute Gasteiger partial charge is 0.106 e. The van der Waals surface area contributed by atoms with E-state index in [1.54, 1.807) is 0 Å². The van der Waals surface area contributed by atoms with Gasteiger partial charge in [-0.15, -0.1) is 0 Å². The molecule has 68 valence electrons. The van der Waals surface area contributed by atoms with Gasteiger partial charge < -0.3 is 4.57 Å². The highest BCUT2D eigenvalue weighted by Crippen LogP contribution is 2.16. The van der Waals surface area contributed by atoms with Crippen LogP contribution < -0.4 is 0 Å². The van der Waals surface area contributed by atoms with Crippen molar-refractivity contribution < 1.29 is 0 Å². The fraction of sp³-hybridized carbons (Fsp3) is 0.364. The summed E-state index contributed by atoms with van der Waals surface area (Å²) in [6.07, 6.45) is 9.41. The number of nitrogens with zero attached hydrogens (tertiary/aromatic N) is 2. The molecule has 0 saturated heterocycles. The van der Waals surface area contributed by atoms with E-state index in [9.17, 15) is 0 Å². The first-order chi connectivity index (χ1) is 6.33. The van der Waals surface area contributed by atoms with Gasteiger partial charge >= 0.3 is 0 Å². The number of allylic oxidation sites excluding steroid dienone is 3. The molecule has 0 aromatic carbocycles. The zero-order chi connectivity index (χ0) is 9.26. The monoisotopic (exact) mass is 174 g/mol. The van der Waals surface area contributed by atoms with Gasteiger partial charge in [0.25, 0.3) is 0 Å². The quantitative estimate of drug-likeness (QED) is 0.639. The third-order valence-corrected chi connectivity index (χ3v) is 2.40. The Balaban J connectivity index is 2.55. The van der Waals surface area contributed by atoms with Crippen molar-refractivity contribution in [2.24, 2.45) is 0 Å². The lowest BCUT2D eigenvalue weighted by molar-refractivity contribution is 0.724. The largest absolute Gasteiger partial charge is 0.329 e. The molecule has 2 heteroatoms. The van der Waals surface area contributed by atoms with Gasteiger partial charge in [0.05, 0.1) is 11.4 Å². The molecule has 1 aliphatic carbocycles. The molecule has 1 aliphatic rings. The molecule has 0 N–H and O–H groups in total. The van der Waals surface area contributed by atoms with Crippen LogP contribution >= 0.6 is 0 Å². The van der Waals surface area contributed by atoms with E-state index in [4.69, 9.17) is 0 Å². The molecule has 1 aromatic heterocycles. The van der Waals surface area contributed by atoms with Crippen LogP contribution in [0, 0.1) is 6.92 Å². The average molecular weight is 174 g/mol. The second-order valence-electron chi connectivity index (χ2n) is 3.23. The van der Waals surface area contributed by atoms with Crippen molar-refractivity contribution in [3.8, 4) is 0 Å². The van der Waals surface area contributed by atoms with Crippen molar-refractivity contribution in [3.63, 3.8) is 0 Å². The van der Waals surface area contributed by atoms with E-state index in [-0.39, 0.29) is 0 Å². The lowest BCUT2D eigenvalue weighted by atomic mass is 10.2. The van der Waals surface area contributed by atoms with Crippen molar-refractivity contribution in [2.45, 2.75) is 26.8 Å². The number of fused-ring (bicyclic) bond motifs is 1. The van der Waals surface area contributed by atoms with Crippen LogP contribution in [0.1, 0.15) is 24.1 Å². The zero-order valence-electron chi connectivity index (χ0n) is 8.12. The Labute approximate surface area is 78.6 Å². The molecule has 1 aromatic rings. The highest BCUT2D eigenvalue weighted by Gasteiger charge is 2.10. The van der Waals surface area contributed by atoms with Crippen molar-refractivity contribution in [3.05, 3.63) is 35.4 Å². The summed E-state index contributed by atoms with van der Waals surface area (Å²) < 4.78 is 2.25. The Bertz CT molecular complexity index is 370. The molecule has 2 rings (SSSR count). The molecule has 0 amide bonds. The molecular weight excluding hydrogens is 160 g/mol. The maximum atomic E-state index is 4.54. The molecule has 1 heterocycles. The Hall–Kier alpha value is -1.31. The first-order valence-electron chi connectivity index (χ1n) is 4.72. The summed E-state index contributed by atoms with van der Waals surface area (Å²) in [6, 6.07) is 0. The summed E-state index contributed by atoms with van der Waals surface area (Å²) in [7, 11) is 0. The van der Waals surface area contributed by atoms with Crippen LogP contribution in [0.5, 0.6) is 0 Å². The average Bonchev–Trinajstić information content (AvgIpc) is 2.32. The van der Waals surface area contributed by atoms with Gasteiger partial charge in [-0.25, -0.2) is 4.98 Å². The molecule has 0 atom stereocenters. The predicted octanol–water partition coefficient (Wildman–Crippen LogP) is 2.34. The molecular formula is C11H14N2. The molecule has 13 heavy (non-hydrogen) atoms. The Morgan fingerprint density at radius 3 is 3.08 bits per heavy atom. The van der Waals surface area contributed by atoms with E-state index in [1.165, 1.54) is 11.4 Å². The van der Waals surface area contributed by atoms with Gasteiger partial charge in [-0.3, -0.25) is 0 Å². The normalized spacial score (nSPS) is 14.3. The van der Waals surface area contributed by atoms with Gasteiger partial charge in [0, 0.05) is 13.0 Å². The van der Waals surface area contributed by atoms with Gasteiger partial charge in [0.15, 0.2) is 0 Å². The molecule has 0 radical (unpaired) electrons. The van der Waals surface area contributed by atoms with Crippen LogP contribution in [0.2, 0.25) is 0 Å². The van der Waals surface area contributed by atoms with Gasteiger partial charge in [0.2, 0.25) is 0 Å². The molecule has 0 bridgehead atoms. The second kappa shape index (κ2) is 3.21. The van der Waals surface area contributed by atoms with E-state index in [0.29, 0.717) is 0 Å². The highest BCUT2D eigenvalue weighted by atomic mass is 15.1. The van der Waals surface area contributed by atoms with Gasteiger partial charge in [0.1, 0.15) is 5.82 Å². The van der Waals surface area contributed by atoms with Crippen LogP contribution in [0.15, 0.2) is 18.2 Å². The Morgan fingerprint density at radius 1 is 1.46 bits per heavy atom. The van der Waals surface area contributed by atoms with E-state index in [2.05, 4.69) is 47.7 Å². The third kappa shape index (κ3) is 1.32. The zero-order valence-corrected chi connectivity index (χ0v) is 8.12. The first kappa shape index (κ1) is 8.30. The Kier molecular flexibility index (Phi) is 2.05. The summed E-state index contributed by atoms with van der Waals surface area (Å²) in [5, 5.41) is 0. The number of rotatable bonds is 1. The number of hydrogen-bond acceptors (Lipinski definition) is 1. The molecule has 0 unspecified atom stereocenters. The molecule has 2 nitrogen and oxygen atoms in total. The fourth-order valence-corrected chi connectivity index (χ4v) is 1.78. The summed E-state index contributed by atoms with van der Waals surface area (Å²) >= 11 is 0. The van der Waals surface area contributed by atoms with Crippen molar-refractivity contribution in [1.29, 1.82) is 0 Å². The van der Waals surface area contributed by atoms with Crippen LogP contribution in [-0.2, 0) is 13.0 Å². The summed E-state index contributed by atoms with van der Waals surface area (Å²) in [5.41, 5.74) is 2.47. The van der Waals surface area contributed by atoms with Crippen LogP contribution in [-0.4, -0.2) is 9.55 Å². The SMILES string of the molecule is CCn1c(C)nc2c1C=CC=CC2. The predicted molar refractivity (Wildman–Crippen MR) is 54.5 cm³/mol. The van der Waals surface area contributed by atoms with Crippen molar-refractivity contribution >= 4 is 6.08 Å². The van der Waals surface area contributed by atoms with E-state index < -0.39 is 0 Å². The topological polar surface area (TPSA) is 17.8 Å². The van der Waals surface area contributed by atoms with Crippen molar-refractivity contribution in [2.75, 3.05) is 0 Å². The Morgan fingerprint density at radius 2 is 2.31 bits per heavy atom. The minimum absolute atomic E-state index is 0.955. The number of hydrogen-bond donors (Lipinski definition) is 0. The molecule has 0 fully saturated rings. The van der Waals surface area contributed by atoms with Gasteiger partial charge in [-0.2, -0.15) is 0 Å². The summed E-state index contributed by atoms with van der Waals surface area (Å²) in [6.45, 7) is 5.22. The summed E-state index contributed by atoms with van der Waals surface area (Å²) in [5.74, 6) is 1.12. The van der Waals surface area contributed by atoms with E-state index in [1.807, 2.05) is 0 Å². The van der Waals surface area contributed by atoms with Crippen LogP contribution in [0.4, 0.5) is 0 Å². The van der Waals surface area contributed by atoms with Gasteiger partial charge in [-0.05, 0) is 19.9 Å². The maximum Gasteiger partial charge on any atom is 0.106 e. The first-order valence-corrected chi connectivity index (χ1v) is 4.72. The number of aromatic nitrogens is 2. The number of imidazole rings is 1. The second-order valence-corrected chi connectivity index (χ2v) is 3.23. The van der Waals surface area contributed by atoms with Crippen LogP contribution in [0.3, 0.4) is 0 Å². The fourth-order valence-electron chi connectivity index (χ4n) is 1.78. The van der Waals surface area contributed by atoms with E-state index >= 15 is 0 Å². The number of aryl methyl sites for hydroxylation is 1. The standard InChI is InChI=1S/C11H14N2/c1-3-13-9(2)12-10-7-5-4-6-8-11(10)13/h4-6,8H,3,7H2,1-2H3. The van der Waals surface area contributed by atoms with Gasteiger partial charge in [-0.1, -0.05) is 18.2 Å². The minimum Gasteiger partial charge on any atom is -0.329 e. The van der Waals surface area contributed by atoms with E-state index in [0.717, 1.165) is 18.8 Å². The lowest BCUT2D eigenvalue weighted by Gasteiger charge is -2.02. The molecule has 0 aliphatic heterocycles. The lowest BCUT2D eigenvalue weighted by Crippen LogP contribution is -1.99.